The third-order valence-electron chi connectivity index (χ3n) is 0.810. The zero-order chi connectivity index (χ0) is 7.33. The standard InChI is InChI=1S/C4H10O3S2.Na/c5-9(6,7)4-2-1-3-8;/h8H,1-4H2,(H,5,6,7);. The van der Waals surface area contributed by atoms with E-state index in [0.717, 1.165) is 6.42 Å². The van der Waals surface area contributed by atoms with Crippen LogP contribution in [0.15, 0.2) is 0 Å². The molecule has 0 unspecified atom stereocenters. The van der Waals surface area contributed by atoms with E-state index in [-0.39, 0.29) is 35.3 Å². The molecule has 0 spiro atoms. The summed E-state index contributed by atoms with van der Waals surface area (Å²) in [6.07, 6.45) is 1.21. The molecule has 0 amide bonds. The molecular formula is C4H10NaO3S2. The van der Waals surface area contributed by atoms with Crippen LogP contribution >= 0.6 is 12.6 Å². The minimum Gasteiger partial charge on any atom is -0.286 e. The number of thiol groups is 1. The summed E-state index contributed by atoms with van der Waals surface area (Å²) in [5.41, 5.74) is 0. The maximum Gasteiger partial charge on any atom is 0.264 e. The second-order valence-corrected chi connectivity index (χ2v) is 3.74. The molecule has 1 radical (unpaired) electrons. The van der Waals surface area contributed by atoms with Crippen molar-refractivity contribution in [2.24, 2.45) is 0 Å². The molecule has 0 atom stereocenters. The van der Waals surface area contributed by atoms with Gasteiger partial charge in [-0.3, -0.25) is 4.55 Å². The summed E-state index contributed by atoms with van der Waals surface area (Å²) in [6, 6.07) is 0. The van der Waals surface area contributed by atoms with Crippen LogP contribution in [-0.4, -0.2) is 54.0 Å². The van der Waals surface area contributed by atoms with Gasteiger partial charge in [-0.2, -0.15) is 21.0 Å². The third-order valence-corrected chi connectivity index (χ3v) is 1.93. The molecule has 0 saturated carbocycles. The van der Waals surface area contributed by atoms with Gasteiger partial charge in [-0.05, 0) is 18.6 Å². The normalized spacial score (nSPS) is 10.6. The Bertz CT molecular complexity index is 154. The predicted molar refractivity (Wildman–Crippen MR) is 45.3 cm³/mol. The zero-order valence-electron chi connectivity index (χ0n) is 5.95. The molecule has 0 rings (SSSR count). The van der Waals surface area contributed by atoms with E-state index in [1.54, 1.807) is 0 Å². The molecule has 0 fully saturated rings. The summed E-state index contributed by atoms with van der Waals surface area (Å²) in [5, 5.41) is 0. The molecule has 0 aliphatic rings. The van der Waals surface area contributed by atoms with Crippen LogP contribution in [0.3, 0.4) is 0 Å². The van der Waals surface area contributed by atoms with Crippen molar-refractivity contribution in [3.63, 3.8) is 0 Å². The van der Waals surface area contributed by atoms with Gasteiger partial charge in [0.1, 0.15) is 0 Å². The second kappa shape index (κ2) is 6.94. The minimum absolute atomic E-state index is 0. The van der Waals surface area contributed by atoms with E-state index < -0.39 is 10.1 Å². The van der Waals surface area contributed by atoms with E-state index in [1.165, 1.54) is 0 Å². The quantitative estimate of drug-likeness (QED) is 0.290. The van der Waals surface area contributed by atoms with E-state index in [1.807, 2.05) is 0 Å². The van der Waals surface area contributed by atoms with E-state index in [2.05, 4.69) is 12.6 Å². The molecule has 1 N–H and O–H groups in total. The van der Waals surface area contributed by atoms with Crippen molar-refractivity contribution in [1.29, 1.82) is 0 Å². The van der Waals surface area contributed by atoms with Crippen molar-refractivity contribution < 1.29 is 13.0 Å². The van der Waals surface area contributed by atoms with Crippen molar-refractivity contribution in [3.05, 3.63) is 0 Å². The fraction of sp³-hybridized carbons (Fsp3) is 1.00. The van der Waals surface area contributed by atoms with Crippen molar-refractivity contribution in [2.75, 3.05) is 11.5 Å². The Morgan fingerprint density at radius 3 is 2.10 bits per heavy atom. The first-order valence-electron chi connectivity index (χ1n) is 2.62. The Morgan fingerprint density at radius 2 is 1.80 bits per heavy atom. The Kier molecular flexibility index (Phi) is 9.59. The first kappa shape index (κ1) is 13.8. The minimum atomic E-state index is -3.73. The molecule has 0 aromatic carbocycles. The number of hydrogen-bond donors (Lipinski definition) is 2. The van der Waals surface area contributed by atoms with Crippen molar-refractivity contribution in [2.45, 2.75) is 12.8 Å². The van der Waals surface area contributed by atoms with Crippen LogP contribution in [0, 0.1) is 0 Å². The fourth-order valence-electron chi connectivity index (χ4n) is 0.396. The molecule has 6 heteroatoms. The first-order valence-corrected chi connectivity index (χ1v) is 4.86. The molecule has 57 valence electrons. The summed E-state index contributed by atoms with van der Waals surface area (Å²) in [7, 11) is -3.73. The summed E-state index contributed by atoms with van der Waals surface area (Å²) in [4.78, 5) is 0. The monoisotopic (exact) mass is 193 g/mol. The van der Waals surface area contributed by atoms with Crippen LogP contribution < -0.4 is 0 Å². The van der Waals surface area contributed by atoms with Crippen LogP contribution in [-0.2, 0) is 10.1 Å². The zero-order valence-corrected chi connectivity index (χ0v) is 9.66. The van der Waals surface area contributed by atoms with Crippen LogP contribution in [0.1, 0.15) is 12.8 Å². The Labute approximate surface area is 89.0 Å². The molecule has 0 bridgehead atoms. The van der Waals surface area contributed by atoms with Gasteiger partial charge >= 0.3 is 0 Å². The Hall–Kier alpha value is 1.26. The summed E-state index contributed by atoms with van der Waals surface area (Å²) in [5.74, 6) is 0.517. The van der Waals surface area contributed by atoms with Gasteiger partial charge in [0, 0.05) is 29.6 Å². The van der Waals surface area contributed by atoms with Crippen LogP contribution in [0.25, 0.3) is 0 Å². The summed E-state index contributed by atoms with van der Waals surface area (Å²) >= 11 is 3.87. The molecule has 0 heterocycles. The Balaban J connectivity index is 0. The number of hydrogen-bond acceptors (Lipinski definition) is 3. The van der Waals surface area contributed by atoms with E-state index in [0.29, 0.717) is 12.2 Å². The van der Waals surface area contributed by atoms with Gasteiger partial charge < -0.3 is 0 Å². The van der Waals surface area contributed by atoms with Gasteiger partial charge in [0.2, 0.25) is 0 Å². The van der Waals surface area contributed by atoms with Crippen molar-refractivity contribution in [3.8, 4) is 0 Å². The van der Waals surface area contributed by atoms with Gasteiger partial charge in [-0.25, -0.2) is 0 Å². The molecule has 0 aromatic rings. The summed E-state index contributed by atoms with van der Waals surface area (Å²) in [6.45, 7) is 0. The topological polar surface area (TPSA) is 54.4 Å². The molecular weight excluding hydrogens is 183 g/mol. The van der Waals surface area contributed by atoms with Gasteiger partial charge in [0.15, 0.2) is 0 Å². The maximum atomic E-state index is 10.0. The van der Waals surface area contributed by atoms with Gasteiger partial charge in [-0.15, -0.1) is 0 Å². The van der Waals surface area contributed by atoms with E-state index in [9.17, 15) is 8.42 Å². The largest absolute Gasteiger partial charge is 0.286 e. The smallest absolute Gasteiger partial charge is 0.264 e. The number of unbranched alkanes of at least 4 members (excludes halogenated alkanes) is 1. The molecule has 0 saturated heterocycles. The molecule has 0 aliphatic carbocycles. The van der Waals surface area contributed by atoms with Crippen LogP contribution in [0.2, 0.25) is 0 Å². The maximum absolute atomic E-state index is 10.0. The molecule has 10 heavy (non-hydrogen) atoms. The van der Waals surface area contributed by atoms with Gasteiger partial charge in [-0.1, -0.05) is 0 Å². The molecule has 0 aliphatic heterocycles. The third kappa shape index (κ3) is 12.0. The number of rotatable bonds is 4. The van der Waals surface area contributed by atoms with Gasteiger partial charge in [0.25, 0.3) is 10.1 Å². The molecule has 3 nitrogen and oxygen atoms in total. The predicted octanol–water partition coefficient (Wildman–Crippen LogP) is 0.203. The van der Waals surface area contributed by atoms with Crippen molar-refractivity contribution >= 4 is 52.3 Å². The SMILES string of the molecule is O=S(=O)(O)CCCCS.[Na]. The van der Waals surface area contributed by atoms with E-state index in [4.69, 9.17) is 4.55 Å². The average Bonchev–Trinajstić information content (AvgIpc) is 1.63. The van der Waals surface area contributed by atoms with Gasteiger partial charge in [0.05, 0.1) is 5.75 Å². The Morgan fingerprint density at radius 1 is 1.30 bits per heavy atom. The molecule has 0 aromatic heterocycles. The van der Waals surface area contributed by atoms with Crippen molar-refractivity contribution in [1.82, 2.24) is 0 Å². The first-order chi connectivity index (χ1) is 4.06. The van der Waals surface area contributed by atoms with Crippen LogP contribution in [0.4, 0.5) is 0 Å². The van der Waals surface area contributed by atoms with E-state index >= 15 is 0 Å². The fourth-order valence-corrected chi connectivity index (χ4v) is 1.19. The second-order valence-electron chi connectivity index (χ2n) is 1.72. The van der Waals surface area contributed by atoms with Crippen LogP contribution in [0.5, 0.6) is 0 Å². The summed E-state index contributed by atoms with van der Waals surface area (Å²) < 4.78 is 28.3. The average molecular weight is 193 g/mol.